The van der Waals surface area contributed by atoms with Gasteiger partial charge in [-0.1, -0.05) is 128 Å². The van der Waals surface area contributed by atoms with Gasteiger partial charge in [0.2, 0.25) is 11.9 Å². The van der Waals surface area contributed by atoms with E-state index in [4.69, 9.17) is 9.97 Å². The average molecular weight is 530 g/mol. The Hall–Kier alpha value is -2.82. The fourth-order valence-corrected chi connectivity index (χ4v) is 5.70. The van der Waals surface area contributed by atoms with Crippen molar-refractivity contribution in [2.75, 3.05) is 5.32 Å². The predicted octanol–water partition coefficient (Wildman–Crippen LogP) is 10.4. The molecule has 0 aliphatic carbocycles. The van der Waals surface area contributed by atoms with Crippen LogP contribution in [0.1, 0.15) is 117 Å². The highest BCUT2D eigenvalue weighted by Crippen LogP contribution is 2.27. The summed E-state index contributed by atoms with van der Waals surface area (Å²) in [7, 11) is 0. The Labute approximate surface area is 236 Å². The molecule has 2 aromatic carbocycles. The van der Waals surface area contributed by atoms with E-state index in [0.29, 0.717) is 0 Å². The highest BCUT2D eigenvalue weighted by atomic mass is 15.3. The summed E-state index contributed by atoms with van der Waals surface area (Å²) >= 11 is 0. The lowest BCUT2D eigenvalue weighted by molar-refractivity contribution is 0.547. The van der Waals surface area contributed by atoms with Crippen LogP contribution in [0, 0.1) is 0 Å². The minimum Gasteiger partial charge on any atom is -0.310 e. The normalized spacial score (nSPS) is 11.6. The Balaban J connectivity index is 1.42. The van der Waals surface area contributed by atoms with Gasteiger partial charge in [-0.25, -0.2) is 9.97 Å². The van der Waals surface area contributed by atoms with E-state index in [-0.39, 0.29) is 0 Å². The number of nitrogens with zero attached hydrogens (tertiary/aromatic N) is 4. The van der Waals surface area contributed by atoms with Crippen molar-refractivity contribution in [2.45, 2.75) is 130 Å². The van der Waals surface area contributed by atoms with Crippen LogP contribution in [-0.4, -0.2) is 19.1 Å². The Bertz CT molecular complexity index is 1140. The zero-order chi connectivity index (χ0) is 27.1. The maximum absolute atomic E-state index is 5.01. The second kappa shape index (κ2) is 16.3. The van der Waals surface area contributed by atoms with Crippen LogP contribution < -0.4 is 5.32 Å². The van der Waals surface area contributed by atoms with Gasteiger partial charge in [-0.2, -0.15) is 0 Å². The van der Waals surface area contributed by atoms with Crippen LogP contribution >= 0.6 is 0 Å². The van der Waals surface area contributed by atoms with Gasteiger partial charge >= 0.3 is 0 Å². The highest BCUT2D eigenvalue weighted by molar-refractivity contribution is 5.82. The third-order valence-electron chi connectivity index (χ3n) is 8.00. The number of para-hydroxylation sites is 4. The van der Waals surface area contributed by atoms with E-state index in [9.17, 15) is 0 Å². The molecule has 0 atom stereocenters. The molecule has 0 saturated carbocycles. The van der Waals surface area contributed by atoms with Gasteiger partial charge < -0.3 is 9.13 Å². The molecule has 1 N–H and O–H groups in total. The molecule has 0 fully saturated rings. The van der Waals surface area contributed by atoms with E-state index in [1.165, 1.54) is 114 Å². The van der Waals surface area contributed by atoms with E-state index in [1.807, 2.05) is 0 Å². The number of nitrogens with one attached hydrogen (secondary N) is 1. The Morgan fingerprint density at radius 2 is 0.846 bits per heavy atom. The first-order valence-corrected chi connectivity index (χ1v) is 16.0. The molecule has 4 aromatic rings. The quantitative estimate of drug-likeness (QED) is 0.116. The second-order valence-corrected chi connectivity index (χ2v) is 11.2. The van der Waals surface area contributed by atoms with Crippen LogP contribution in [0.2, 0.25) is 0 Å². The fraction of sp³-hybridized carbons (Fsp3) is 0.588. The topological polar surface area (TPSA) is 47.7 Å². The third kappa shape index (κ3) is 8.58. The van der Waals surface area contributed by atoms with Gasteiger partial charge in [0.1, 0.15) is 0 Å². The summed E-state index contributed by atoms with van der Waals surface area (Å²) < 4.78 is 4.73. The highest BCUT2D eigenvalue weighted by Gasteiger charge is 2.15. The number of aromatic nitrogens is 4. The molecule has 0 aliphatic rings. The molecular formula is C34H51N5. The standard InChI is InChI=1S/C34H51N5/c1-3-5-7-9-11-13-15-21-27-38-31-25-19-17-23-29(31)35-33(38)37-34-36-30-24-18-20-26-32(30)39(34)28-22-16-14-12-10-8-6-4-2/h17-20,23-26H,3-16,21-22,27-28H2,1-2H3,(H,35,36,37). The van der Waals surface area contributed by atoms with E-state index in [1.54, 1.807) is 0 Å². The number of benzene rings is 2. The molecule has 0 saturated heterocycles. The Morgan fingerprint density at radius 3 is 1.26 bits per heavy atom. The van der Waals surface area contributed by atoms with Crippen molar-refractivity contribution in [3.63, 3.8) is 0 Å². The van der Waals surface area contributed by atoms with Crippen molar-refractivity contribution in [2.24, 2.45) is 0 Å². The SMILES string of the molecule is CCCCCCCCCCn1c(Nc2nc3ccccc3n2CCCCCCCCCC)nc2ccccc21. The number of unbranched alkanes of at least 4 members (excludes halogenated alkanes) is 14. The minimum absolute atomic E-state index is 0.909. The van der Waals surface area contributed by atoms with Gasteiger partial charge in [0, 0.05) is 13.1 Å². The van der Waals surface area contributed by atoms with Gasteiger partial charge in [0.25, 0.3) is 0 Å². The molecule has 0 amide bonds. The van der Waals surface area contributed by atoms with E-state index < -0.39 is 0 Å². The maximum Gasteiger partial charge on any atom is 0.210 e. The lowest BCUT2D eigenvalue weighted by atomic mass is 10.1. The molecule has 0 bridgehead atoms. The van der Waals surface area contributed by atoms with Gasteiger partial charge in [-0.15, -0.1) is 0 Å². The lowest BCUT2D eigenvalue weighted by Crippen LogP contribution is -2.09. The van der Waals surface area contributed by atoms with Gasteiger partial charge in [-0.05, 0) is 37.1 Å². The van der Waals surface area contributed by atoms with Crippen LogP contribution in [0.3, 0.4) is 0 Å². The first-order chi connectivity index (χ1) is 19.3. The van der Waals surface area contributed by atoms with Crippen molar-refractivity contribution < 1.29 is 0 Å². The Morgan fingerprint density at radius 1 is 0.487 bits per heavy atom. The van der Waals surface area contributed by atoms with Crippen LogP contribution in [0.4, 0.5) is 11.9 Å². The predicted molar refractivity (Wildman–Crippen MR) is 168 cm³/mol. The molecule has 39 heavy (non-hydrogen) atoms. The number of anilines is 2. The first-order valence-electron chi connectivity index (χ1n) is 16.0. The largest absolute Gasteiger partial charge is 0.310 e. The van der Waals surface area contributed by atoms with Crippen molar-refractivity contribution in [3.8, 4) is 0 Å². The number of fused-ring (bicyclic) bond motifs is 2. The molecule has 0 aliphatic heterocycles. The molecule has 212 valence electrons. The molecule has 5 heteroatoms. The summed E-state index contributed by atoms with van der Waals surface area (Å²) in [6.07, 6.45) is 21.2. The summed E-state index contributed by atoms with van der Waals surface area (Å²) in [6.45, 7) is 6.53. The molecule has 4 rings (SSSR count). The average Bonchev–Trinajstić information content (AvgIpc) is 3.49. The maximum atomic E-state index is 5.01. The molecular weight excluding hydrogens is 478 g/mol. The van der Waals surface area contributed by atoms with Gasteiger partial charge in [0.05, 0.1) is 22.1 Å². The summed E-state index contributed by atoms with van der Waals surface area (Å²) in [5, 5.41) is 3.67. The summed E-state index contributed by atoms with van der Waals surface area (Å²) in [4.78, 5) is 10.0. The second-order valence-electron chi connectivity index (χ2n) is 11.2. The monoisotopic (exact) mass is 529 g/mol. The minimum atomic E-state index is 0.909. The van der Waals surface area contributed by atoms with Crippen LogP contribution in [0.15, 0.2) is 48.5 Å². The molecule has 0 radical (unpaired) electrons. The van der Waals surface area contributed by atoms with Crippen molar-refractivity contribution in [1.29, 1.82) is 0 Å². The molecule has 0 spiro atoms. The zero-order valence-electron chi connectivity index (χ0n) is 24.6. The fourth-order valence-electron chi connectivity index (χ4n) is 5.70. The van der Waals surface area contributed by atoms with Crippen LogP contribution in [-0.2, 0) is 13.1 Å². The van der Waals surface area contributed by atoms with E-state index in [0.717, 1.165) is 36.0 Å². The summed E-state index contributed by atoms with van der Waals surface area (Å²) in [5.41, 5.74) is 4.50. The van der Waals surface area contributed by atoms with Crippen molar-refractivity contribution >= 4 is 34.0 Å². The lowest BCUT2D eigenvalue weighted by Gasteiger charge is -2.13. The molecule has 0 unspecified atom stereocenters. The zero-order valence-corrected chi connectivity index (χ0v) is 24.6. The van der Waals surface area contributed by atoms with Crippen LogP contribution in [0.25, 0.3) is 22.1 Å². The van der Waals surface area contributed by atoms with Gasteiger partial charge in [0.15, 0.2) is 0 Å². The van der Waals surface area contributed by atoms with Crippen molar-refractivity contribution in [3.05, 3.63) is 48.5 Å². The summed E-state index contributed by atoms with van der Waals surface area (Å²) in [6, 6.07) is 17.0. The van der Waals surface area contributed by atoms with Crippen LogP contribution in [0.5, 0.6) is 0 Å². The smallest absolute Gasteiger partial charge is 0.210 e. The molecule has 2 heterocycles. The van der Waals surface area contributed by atoms with E-state index >= 15 is 0 Å². The molecule has 5 nitrogen and oxygen atoms in total. The van der Waals surface area contributed by atoms with E-state index in [2.05, 4.69) is 76.8 Å². The molecule has 2 aromatic heterocycles. The van der Waals surface area contributed by atoms with Gasteiger partial charge in [-0.3, -0.25) is 5.32 Å². The first kappa shape index (κ1) is 29.2. The number of aryl methyl sites for hydroxylation is 2. The Kier molecular flexibility index (Phi) is 12.2. The number of hydrogen-bond acceptors (Lipinski definition) is 3. The number of rotatable bonds is 20. The van der Waals surface area contributed by atoms with Crippen molar-refractivity contribution in [1.82, 2.24) is 19.1 Å². The third-order valence-corrected chi connectivity index (χ3v) is 8.00. The summed E-state index contributed by atoms with van der Waals surface area (Å²) in [5.74, 6) is 1.82. The number of hydrogen-bond donors (Lipinski definition) is 1. The number of imidazole rings is 2.